The molecule has 0 saturated carbocycles. The summed E-state index contributed by atoms with van der Waals surface area (Å²) in [7, 11) is 0. The molecule has 3 rings (SSSR count). The lowest BCUT2D eigenvalue weighted by Gasteiger charge is -2.13. The molecule has 126 valence electrons. The summed E-state index contributed by atoms with van der Waals surface area (Å²) in [6.45, 7) is 1.09. The second-order valence-electron chi connectivity index (χ2n) is 5.81. The van der Waals surface area contributed by atoms with Crippen LogP contribution in [-0.2, 0) is 9.53 Å². The Kier molecular flexibility index (Phi) is 4.76. The topological polar surface area (TPSA) is 82.6 Å². The monoisotopic (exact) mass is 347 g/mol. The van der Waals surface area contributed by atoms with Crippen LogP contribution in [0.4, 0.5) is 0 Å². The van der Waals surface area contributed by atoms with Crippen LogP contribution < -0.4 is 0 Å². The van der Waals surface area contributed by atoms with Crippen LogP contribution in [0.25, 0.3) is 21.8 Å². The first kappa shape index (κ1) is 16.8. The molecule has 2 aromatic carbocycles. The van der Waals surface area contributed by atoms with Crippen molar-refractivity contribution in [3.05, 3.63) is 47.0 Å². The second-order valence-corrected chi connectivity index (χ2v) is 6.24. The van der Waals surface area contributed by atoms with Crippen molar-refractivity contribution >= 4 is 39.4 Å². The Morgan fingerprint density at radius 2 is 2.00 bits per heavy atom. The number of benzene rings is 2. The normalized spacial score (nSPS) is 14.0. The Morgan fingerprint density at radius 1 is 1.21 bits per heavy atom. The molecule has 5 nitrogen and oxygen atoms in total. The van der Waals surface area contributed by atoms with Gasteiger partial charge < -0.3 is 19.9 Å². The number of aliphatic hydroxyl groups excluding tert-OH is 2. The van der Waals surface area contributed by atoms with Crippen molar-refractivity contribution in [3.63, 3.8) is 0 Å². The van der Waals surface area contributed by atoms with E-state index in [-0.39, 0.29) is 6.61 Å². The first-order valence-electron chi connectivity index (χ1n) is 7.66. The molecule has 1 heterocycles. The number of carbonyl (C=O) groups excluding carboxylic acids is 1. The van der Waals surface area contributed by atoms with E-state index >= 15 is 0 Å². The minimum Gasteiger partial charge on any atom is -0.462 e. The van der Waals surface area contributed by atoms with Crippen LogP contribution in [0, 0.1) is 0 Å². The molecule has 1 aromatic heterocycles. The standard InChI is InChI=1S/C18H18ClNO4/c1-10(18(23)24-9-13(22)8-21)11-2-4-14-15-7-12(19)3-5-16(15)20-17(14)6-11/h2-7,10,13,20-22H,8-9H2,1H3. The highest BCUT2D eigenvalue weighted by Gasteiger charge is 2.19. The van der Waals surface area contributed by atoms with Crippen LogP contribution in [-0.4, -0.2) is 40.5 Å². The maximum Gasteiger partial charge on any atom is 0.313 e. The van der Waals surface area contributed by atoms with Crippen molar-refractivity contribution in [3.8, 4) is 0 Å². The van der Waals surface area contributed by atoms with Crippen LogP contribution in [0.15, 0.2) is 36.4 Å². The first-order valence-corrected chi connectivity index (χ1v) is 8.04. The number of H-pyrrole nitrogens is 1. The summed E-state index contributed by atoms with van der Waals surface area (Å²) < 4.78 is 5.02. The van der Waals surface area contributed by atoms with Crippen LogP contribution in [0.1, 0.15) is 18.4 Å². The zero-order chi connectivity index (χ0) is 17.3. The lowest BCUT2D eigenvalue weighted by atomic mass is 9.99. The average molecular weight is 348 g/mol. The molecule has 6 heteroatoms. The summed E-state index contributed by atoms with van der Waals surface area (Å²) in [6.07, 6.45) is -1.05. The van der Waals surface area contributed by atoms with Gasteiger partial charge in [-0.15, -0.1) is 0 Å². The van der Waals surface area contributed by atoms with E-state index in [1.54, 1.807) is 6.92 Å². The van der Waals surface area contributed by atoms with Crippen molar-refractivity contribution in [1.82, 2.24) is 4.98 Å². The predicted octanol–water partition coefficient (Wildman–Crippen LogP) is 2.97. The molecule has 2 unspecified atom stereocenters. The molecular weight excluding hydrogens is 330 g/mol. The Balaban J connectivity index is 1.87. The van der Waals surface area contributed by atoms with Gasteiger partial charge in [0.15, 0.2) is 0 Å². The fourth-order valence-corrected chi connectivity index (χ4v) is 2.83. The van der Waals surface area contributed by atoms with Crippen molar-refractivity contribution < 1.29 is 19.7 Å². The third-order valence-electron chi connectivity index (χ3n) is 4.07. The summed E-state index contributed by atoms with van der Waals surface area (Å²) in [5.74, 6) is -0.920. The Morgan fingerprint density at radius 3 is 2.75 bits per heavy atom. The largest absolute Gasteiger partial charge is 0.462 e. The maximum atomic E-state index is 12.1. The number of halogens is 1. The van der Waals surface area contributed by atoms with Crippen LogP contribution in [0.2, 0.25) is 5.02 Å². The summed E-state index contributed by atoms with van der Waals surface area (Å²) in [4.78, 5) is 15.4. The van der Waals surface area contributed by atoms with Crippen LogP contribution >= 0.6 is 11.6 Å². The SMILES string of the molecule is CC(C(=O)OCC(O)CO)c1ccc2c(c1)[nH]c1ccc(Cl)cc12. The van der Waals surface area contributed by atoms with Crippen LogP contribution in [0.3, 0.4) is 0 Å². The maximum absolute atomic E-state index is 12.1. The fourth-order valence-electron chi connectivity index (χ4n) is 2.65. The molecule has 24 heavy (non-hydrogen) atoms. The van der Waals surface area contributed by atoms with Gasteiger partial charge in [-0.05, 0) is 36.8 Å². The predicted molar refractivity (Wildman–Crippen MR) is 93.3 cm³/mol. The smallest absolute Gasteiger partial charge is 0.313 e. The van der Waals surface area contributed by atoms with Crippen molar-refractivity contribution in [2.45, 2.75) is 18.9 Å². The van der Waals surface area contributed by atoms with Gasteiger partial charge in [0.25, 0.3) is 0 Å². The first-order chi connectivity index (χ1) is 11.5. The van der Waals surface area contributed by atoms with Gasteiger partial charge in [-0.2, -0.15) is 0 Å². The third kappa shape index (κ3) is 3.24. The molecule has 0 aliphatic rings. The highest BCUT2D eigenvalue weighted by atomic mass is 35.5. The van der Waals surface area contributed by atoms with Gasteiger partial charge in [0.2, 0.25) is 0 Å². The van der Waals surface area contributed by atoms with E-state index in [0.29, 0.717) is 5.02 Å². The van der Waals surface area contributed by atoms with E-state index in [1.807, 2.05) is 36.4 Å². The Labute approximate surface area is 143 Å². The lowest BCUT2D eigenvalue weighted by Crippen LogP contribution is -2.24. The van der Waals surface area contributed by atoms with Gasteiger partial charge in [0.05, 0.1) is 12.5 Å². The number of aliphatic hydroxyl groups is 2. The summed E-state index contributed by atoms with van der Waals surface area (Å²) >= 11 is 6.06. The quantitative estimate of drug-likeness (QED) is 0.620. The van der Waals surface area contributed by atoms with Crippen molar-refractivity contribution in [1.29, 1.82) is 0 Å². The Hall–Kier alpha value is -2.08. The number of rotatable bonds is 5. The van der Waals surface area contributed by atoms with Gasteiger partial charge in [-0.1, -0.05) is 23.7 Å². The number of hydrogen-bond acceptors (Lipinski definition) is 4. The van der Waals surface area contributed by atoms with E-state index in [0.717, 1.165) is 27.4 Å². The summed E-state index contributed by atoms with van der Waals surface area (Å²) in [5, 5.41) is 20.8. The Bertz CT molecular complexity index is 889. The number of fused-ring (bicyclic) bond motifs is 3. The number of carbonyl (C=O) groups is 1. The fraction of sp³-hybridized carbons (Fsp3) is 0.278. The molecule has 2 atom stereocenters. The van der Waals surface area contributed by atoms with E-state index in [9.17, 15) is 9.90 Å². The number of aromatic nitrogens is 1. The zero-order valence-electron chi connectivity index (χ0n) is 13.1. The molecule has 0 radical (unpaired) electrons. The van der Waals surface area contributed by atoms with Crippen molar-refractivity contribution in [2.75, 3.05) is 13.2 Å². The van der Waals surface area contributed by atoms with Crippen LogP contribution in [0.5, 0.6) is 0 Å². The number of esters is 1. The van der Waals surface area contributed by atoms with Gasteiger partial charge in [0.1, 0.15) is 12.7 Å². The van der Waals surface area contributed by atoms with E-state index in [4.69, 9.17) is 21.4 Å². The molecule has 0 aliphatic heterocycles. The average Bonchev–Trinajstić information content (AvgIpc) is 2.95. The van der Waals surface area contributed by atoms with Crippen molar-refractivity contribution in [2.24, 2.45) is 0 Å². The molecule has 3 N–H and O–H groups in total. The molecular formula is C18H18ClNO4. The molecule has 0 spiro atoms. The van der Waals surface area contributed by atoms with E-state index in [1.165, 1.54) is 0 Å². The number of hydrogen-bond donors (Lipinski definition) is 3. The molecule has 0 bridgehead atoms. The molecule has 0 aliphatic carbocycles. The van der Waals surface area contributed by atoms with Gasteiger partial charge in [-0.25, -0.2) is 0 Å². The molecule has 0 fully saturated rings. The molecule has 0 saturated heterocycles. The minimum atomic E-state index is -1.05. The third-order valence-corrected chi connectivity index (χ3v) is 4.30. The molecule has 0 amide bonds. The van der Waals surface area contributed by atoms with E-state index < -0.39 is 24.6 Å². The molecule has 3 aromatic rings. The zero-order valence-corrected chi connectivity index (χ0v) is 13.9. The van der Waals surface area contributed by atoms with Gasteiger partial charge >= 0.3 is 5.97 Å². The lowest BCUT2D eigenvalue weighted by molar-refractivity contribution is -0.148. The minimum absolute atomic E-state index is 0.215. The summed E-state index contributed by atoms with van der Waals surface area (Å²) in [5.41, 5.74) is 2.70. The number of aromatic amines is 1. The van der Waals surface area contributed by atoms with Gasteiger partial charge in [-0.3, -0.25) is 4.79 Å². The second kappa shape index (κ2) is 6.81. The summed E-state index contributed by atoms with van der Waals surface area (Å²) in [6, 6.07) is 11.4. The number of nitrogens with one attached hydrogen (secondary N) is 1. The van der Waals surface area contributed by atoms with Gasteiger partial charge in [0, 0.05) is 26.8 Å². The highest BCUT2D eigenvalue weighted by Crippen LogP contribution is 2.30. The van der Waals surface area contributed by atoms with E-state index in [2.05, 4.69) is 4.98 Å². The number of ether oxygens (including phenoxy) is 1. The highest BCUT2D eigenvalue weighted by molar-refractivity contribution is 6.31.